The summed E-state index contributed by atoms with van der Waals surface area (Å²) in [6.45, 7) is 6.09. The van der Waals surface area contributed by atoms with Gasteiger partial charge >= 0.3 is 5.97 Å². The normalized spacial score (nSPS) is 14.7. The molecule has 8 nitrogen and oxygen atoms in total. The number of benzene rings is 2. The number of aryl methyl sites for hydroxylation is 1. The first-order valence-electron chi connectivity index (χ1n) is 11.3. The summed E-state index contributed by atoms with van der Waals surface area (Å²) in [4.78, 5) is 31.3. The summed E-state index contributed by atoms with van der Waals surface area (Å²) >= 11 is 6.27. The second-order valence-corrected chi connectivity index (χ2v) is 8.74. The van der Waals surface area contributed by atoms with Crippen molar-refractivity contribution in [3.05, 3.63) is 64.5 Å². The lowest BCUT2D eigenvalue weighted by molar-refractivity contribution is -0.121. The first-order valence-corrected chi connectivity index (χ1v) is 11.7. The number of hydrogen-bond donors (Lipinski definition) is 1. The zero-order valence-corrected chi connectivity index (χ0v) is 20.0. The third-order valence-electron chi connectivity index (χ3n) is 5.80. The van der Waals surface area contributed by atoms with E-state index in [1.165, 1.54) is 6.07 Å². The molecule has 2 heterocycles. The number of ether oxygens (including phenoxy) is 1. The molecular weight excluding hydrogens is 456 g/mol. The van der Waals surface area contributed by atoms with E-state index >= 15 is 0 Å². The predicted octanol–water partition coefficient (Wildman–Crippen LogP) is 4.73. The van der Waals surface area contributed by atoms with E-state index < -0.39 is 5.97 Å². The van der Waals surface area contributed by atoms with Gasteiger partial charge in [0.2, 0.25) is 17.6 Å². The Bertz CT molecular complexity index is 1170. The predicted molar refractivity (Wildman–Crippen MR) is 129 cm³/mol. The van der Waals surface area contributed by atoms with Crippen molar-refractivity contribution in [2.24, 2.45) is 5.92 Å². The van der Waals surface area contributed by atoms with E-state index in [1.54, 1.807) is 19.1 Å². The van der Waals surface area contributed by atoms with Gasteiger partial charge < -0.3 is 14.6 Å². The van der Waals surface area contributed by atoms with E-state index in [1.807, 2.05) is 31.2 Å². The zero-order chi connectivity index (χ0) is 24.1. The maximum absolute atomic E-state index is 12.8. The number of piperidine rings is 1. The highest BCUT2D eigenvalue weighted by molar-refractivity contribution is 6.34. The molecule has 1 aliphatic rings. The van der Waals surface area contributed by atoms with Crippen molar-refractivity contribution >= 4 is 29.2 Å². The molecule has 1 N–H and O–H groups in total. The van der Waals surface area contributed by atoms with Crippen LogP contribution in [0.2, 0.25) is 5.02 Å². The molecule has 1 amide bonds. The van der Waals surface area contributed by atoms with Gasteiger partial charge in [0, 0.05) is 11.5 Å². The molecule has 0 aliphatic carbocycles. The maximum Gasteiger partial charge on any atom is 0.338 e. The number of carbonyl (C=O) groups is 2. The van der Waals surface area contributed by atoms with Gasteiger partial charge in [-0.25, -0.2) is 4.79 Å². The quantitative estimate of drug-likeness (QED) is 0.486. The van der Waals surface area contributed by atoms with Crippen molar-refractivity contribution in [2.75, 3.05) is 25.0 Å². The second kappa shape index (κ2) is 10.8. The van der Waals surface area contributed by atoms with Crippen molar-refractivity contribution in [3.8, 4) is 11.4 Å². The molecule has 0 radical (unpaired) electrons. The molecular formula is C25H27ClN4O4. The molecule has 0 saturated carbocycles. The molecule has 0 bridgehead atoms. The highest BCUT2D eigenvalue weighted by Gasteiger charge is 2.26. The Morgan fingerprint density at radius 2 is 2.00 bits per heavy atom. The van der Waals surface area contributed by atoms with Crippen molar-refractivity contribution in [1.82, 2.24) is 15.0 Å². The molecule has 9 heteroatoms. The van der Waals surface area contributed by atoms with E-state index in [0.717, 1.165) is 24.2 Å². The molecule has 1 fully saturated rings. The summed E-state index contributed by atoms with van der Waals surface area (Å²) in [5.41, 5.74) is 2.90. The third-order valence-corrected chi connectivity index (χ3v) is 6.11. The number of aromatic nitrogens is 2. The van der Waals surface area contributed by atoms with Crippen LogP contribution < -0.4 is 5.32 Å². The smallest absolute Gasteiger partial charge is 0.338 e. The van der Waals surface area contributed by atoms with Crippen molar-refractivity contribution in [2.45, 2.75) is 33.2 Å². The molecule has 4 rings (SSSR count). The minimum atomic E-state index is -0.443. The van der Waals surface area contributed by atoms with Crippen LogP contribution in [0, 0.1) is 12.8 Å². The minimum Gasteiger partial charge on any atom is -0.462 e. The zero-order valence-electron chi connectivity index (χ0n) is 19.2. The molecule has 0 atom stereocenters. The van der Waals surface area contributed by atoms with Crippen LogP contribution in [0.1, 0.15) is 41.6 Å². The standard InChI is InChI=1S/C25H27ClN4O4/c1-3-33-25(32)19-7-8-21(20(26)14-19)27-24(31)17-9-11-30(12-10-17)15-22-28-23(29-34-22)18-6-4-5-16(2)13-18/h4-8,13-14,17H,3,9-12,15H2,1-2H3,(H,27,31). The molecule has 3 aromatic rings. The Hall–Kier alpha value is -3.23. The van der Waals surface area contributed by atoms with Crippen LogP contribution in [0.5, 0.6) is 0 Å². The Labute approximate surface area is 203 Å². The van der Waals surface area contributed by atoms with Gasteiger partial charge in [-0.1, -0.05) is 40.5 Å². The SMILES string of the molecule is CCOC(=O)c1ccc(NC(=O)C2CCN(Cc3nc(-c4cccc(C)c4)no3)CC2)c(Cl)c1. The summed E-state index contributed by atoms with van der Waals surface area (Å²) in [5.74, 6) is 0.501. The number of anilines is 1. The molecule has 178 valence electrons. The van der Waals surface area contributed by atoms with Crippen LogP contribution in [0.15, 0.2) is 47.0 Å². The first-order chi connectivity index (χ1) is 16.4. The number of esters is 1. The first kappa shape index (κ1) is 23.9. The topological polar surface area (TPSA) is 97.6 Å². The number of rotatable bonds is 7. The Morgan fingerprint density at radius 1 is 1.21 bits per heavy atom. The largest absolute Gasteiger partial charge is 0.462 e. The Balaban J connectivity index is 1.28. The molecule has 2 aromatic carbocycles. The number of halogens is 1. The number of likely N-dealkylation sites (tertiary alicyclic amines) is 1. The van der Waals surface area contributed by atoms with Gasteiger partial charge in [0.1, 0.15) is 0 Å². The minimum absolute atomic E-state index is 0.0787. The van der Waals surface area contributed by atoms with E-state index in [-0.39, 0.29) is 18.4 Å². The fourth-order valence-corrected chi connectivity index (χ4v) is 4.19. The Kier molecular flexibility index (Phi) is 7.59. The van der Waals surface area contributed by atoms with Gasteiger partial charge in [0.15, 0.2) is 0 Å². The average Bonchev–Trinajstić information content (AvgIpc) is 3.29. The molecule has 0 unspecified atom stereocenters. The van der Waals surface area contributed by atoms with E-state index in [4.69, 9.17) is 20.9 Å². The van der Waals surface area contributed by atoms with Crippen molar-refractivity contribution < 1.29 is 18.8 Å². The van der Waals surface area contributed by atoms with Gasteiger partial charge in [0.25, 0.3) is 0 Å². The van der Waals surface area contributed by atoms with Crippen LogP contribution in [0.25, 0.3) is 11.4 Å². The molecule has 0 spiro atoms. The lowest BCUT2D eigenvalue weighted by Gasteiger charge is -2.30. The molecule has 34 heavy (non-hydrogen) atoms. The Morgan fingerprint density at radius 3 is 2.71 bits per heavy atom. The molecule has 1 aliphatic heterocycles. The summed E-state index contributed by atoms with van der Waals surface area (Å²) < 4.78 is 10.4. The van der Waals surface area contributed by atoms with Crippen molar-refractivity contribution in [1.29, 1.82) is 0 Å². The highest BCUT2D eigenvalue weighted by Crippen LogP contribution is 2.26. The van der Waals surface area contributed by atoms with Gasteiger partial charge in [-0.3, -0.25) is 9.69 Å². The van der Waals surface area contributed by atoms with E-state index in [0.29, 0.717) is 47.4 Å². The summed E-state index contributed by atoms with van der Waals surface area (Å²) in [6, 6.07) is 12.7. The van der Waals surface area contributed by atoms with E-state index in [2.05, 4.69) is 20.4 Å². The van der Waals surface area contributed by atoms with Crippen LogP contribution in [0.3, 0.4) is 0 Å². The van der Waals surface area contributed by atoms with Crippen LogP contribution in [-0.2, 0) is 16.1 Å². The number of amides is 1. The lowest BCUT2D eigenvalue weighted by Crippen LogP contribution is -2.37. The van der Waals surface area contributed by atoms with Gasteiger partial charge in [-0.15, -0.1) is 0 Å². The van der Waals surface area contributed by atoms with Gasteiger partial charge in [0.05, 0.1) is 29.4 Å². The van der Waals surface area contributed by atoms with Crippen LogP contribution >= 0.6 is 11.6 Å². The maximum atomic E-state index is 12.8. The van der Waals surface area contributed by atoms with Gasteiger partial charge in [-0.05, 0) is 64.0 Å². The monoisotopic (exact) mass is 482 g/mol. The summed E-state index contributed by atoms with van der Waals surface area (Å²) in [7, 11) is 0. The van der Waals surface area contributed by atoms with Crippen LogP contribution in [0.4, 0.5) is 5.69 Å². The van der Waals surface area contributed by atoms with E-state index in [9.17, 15) is 9.59 Å². The van der Waals surface area contributed by atoms with Crippen molar-refractivity contribution in [3.63, 3.8) is 0 Å². The van der Waals surface area contributed by atoms with Crippen LogP contribution in [-0.4, -0.2) is 46.6 Å². The summed E-state index contributed by atoms with van der Waals surface area (Å²) in [6.07, 6.45) is 1.42. The summed E-state index contributed by atoms with van der Waals surface area (Å²) in [5, 5.41) is 7.29. The average molecular weight is 483 g/mol. The molecule has 1 aromatic heterocycles. The number of carbonyl (C=O) groups excluding carboxylic acids is 2. The third kappa shape index (κ3) is 5.81. The number of nitrogens with zero attached hydrogens (tertiary/aromatic N) is 3. The number of nitrogens with one attached hydrogen (secondary N) is 1. The lowest BCUT2D eigenvalue weighted by atomic mass is 9.96. The number of hydrogen-bond acceptors (Lipinski definition) is 7. The molecule has 1 saturated heterocycles. The highest BCUT2D eigenvalue weighted by atomic mass is 35.5. The fraction of sp³-hybridized carbons (Fsp3) is 0.360. The fourth-order valence-electron chi connectivity index (χ4n) is 3.96. The second-order valence-electron chi connectivity index (χ2n) is 8.34. The van der Waals surface area contributed by atoms with Gasteiger partial charge in [-0.2, -0.15) is 4.98 Å².